The first kappa shape index (κ1) is 12.7. The molecule has 84 valence electrons. The first-order valence-electron chi connectivity index (χ1n) is 4.85. The van der Waals surface area contributed by atoms with Gasteiger partial charge in [0.25, 0.3) is 5.91 Å². The van der Waals surface area contributed by atoms with E-state index in [1.165, 1.54) is 0 Å². The summed E-state index contributed by atoms with van der Waals surface area (Å²) in [5, 5.41) is 11.5. The maximum absolute atomic E-state index is 11.8. The van der Waals surface area contributed by atoms with E-state index in [-0.39, 0.29) is 5.91 Å². The lowest BCUT2D eigenvalue weighted by molar-refractivity contribution is 0.0929. The van der Waals surface area contributed by atoms with Gasteiger partial charge < -0.3 is 5.32 Å². The number of carbonyl (C=O) groups excluding carboxylic acids is 1. The topological polar surface area (TPSA) is 52.9 Å². The number of carbonyl (C=O) groups is 1. The van der Waals surface area contributed by atoms with Crippen molar-refractivity contribution in [2.75, 3.05) is 0 Å². The van der Waals surface area contributed by atoms with Crippen molar-refractivity contribution in [1.29, 1.82) is 5.26 Å². The van der Waals surface area contributed by atoms with Crippen LogP contribution in [0.1, 0.15) is 29.8 Å². The van der Waals surface area contributed by atoms with Gasteiger partial charge in [0.05, 0.1) is 6.07 Å². The number of aryl methyl sites for hydroxylation is 1. The predicted octanol–water partition coefficient (Wildman–Crippen LogP) is 2.79. The Morgan fingerprint density at radius 2 is 2.12 bits per heavy atom. The Morgan fingerprint density at radius 1 is 1.50 bits per heavy atom. The van der Waals surface area contributed by atoms with Crippen molar-refractivity contribution < 1.29 is 4.79 Å². The van der Waals surface area contributed by atoms with E-state index in [1.807, 2.05) is 19.1 Å². The maximum atomic E-state index is 11.8. The minimum absolute atomic E-state index is 0.243. The third kappa shape index (κ3) is 3.07. The molecule has 0 atom stereocenters. The van der Waals surface area contributed by atoms with Crippen LogP contribution in [0.3, 0.4) is 0 Å². The van der Waals surface area contributed by atoms with Crippen LogP contribution < -0.4 is 5.32 Å². The Morgan fingerprint density at radius 3 is 2.62 bits per heavy atom. The quantitative estimate of drug-likeness (QED) is 0.906. The Bertz CT molecular complexity index is 461. The lowest BCUT2D eigenvalue weighted by atomic mass is 10.1. The third-order valence-electron chi connectivity index (χ3n) is 2.14. The minimum atomic E-state index is -0.853. The van der Waals surface area contributed by atoms with E-state index in [4.69, 9.17) is 5.26 Å². The van der Waals surface area contributed by atoms with Crippen LogP contribution in [-0.2, 0) is 0 Å². The zero-order valence-corrected chi connectivity index (χ0v) is 11.1. The molecule has 1 N–H and O–H groups in total. The zero-order chi connectivity index (χ0) is 12.3. The number of hydrogen-bond acceptors (Lipinski definition) is 2. The molecule has 0 saturated heterocycles. The van der Waals surface area contributed by atoms with Crippen molar-refractivity contribution in [2.24, 2.45) is 0 Å². The van der Waals surface area contributed by atoms with Crippen LogP contribution in [0.5, 0.6) is 0 Å². The molecule has 1 rings (SSSR count). The zero-order valence-electron chi connectivity index (χ0n) is 9.47. The summed E-state index contributed by atoms with van der Waals surface area (Å²) in [6.07, 6.45) is 0. The number of amides is 1. The molecule has 16 heavy (non-hydrogen) atoms. The number of halogens is 1. The SMILES string of the molecule is Cc1ccc(C(=O)NC(C)(C)C#N)cc1Br. The van der Waals surface area contributed by atoms with Crippen molar-refractivity contribution in [3.63, 3.8) is 0 Å². The molecule has 0 radical (unpaired) electrons. The molecule has 0 heterocycles. The van der Waals surface area contributed by atoms with E-state index in [1.54, 1.807) is 26.0 Å². The second-order valence-corrected chi connectivity index (χ2v) is 5.01. The summed E-state index contributed by atoms with van der Waals surface area (Å²) in [4.78, 5) is 11.8. The highest BCUT2D eigenvalue weighted by Crippen LogP contribution is 2.17. The second kappa shape index (κ2) is 4.67. The van der Waals surface area contributed by atoms with Gasteiger partial charge in [-0.25, -0.2) is 0 Å². The van der Waals surface area contributed by atoms with E-state index in [9.17, 15) is 4.79 Å². The van der Waals surface area contributed by atoms with Gasteiger partial charge in [0, 0.05) is 10.0 Å². The number of hydrogen-bond donors (Lipinski definition) is 1. The van der Waals surface area contributed by atoms with Gasteiger partial charge >= 0.3 is 0 Å². The van der Waals surface area contributed by atoms with Crippen LogP contribution in [0, 0.1) is 18.3 Å². The van der Waals surface area contributed by atoms with Crippen LogP contribution in [0.25, 0.3) is 0 Å². The molecule has 0 aliphatic heterocycles. The van der Waals surface area contributed by atoms with Gasteiger partial charge in [-0.3, -0.25) is 4.79 Å². The van der Waals surface area contributed by atoms with Gasteiger partial charge in [0.2, 0.25) is 0 Å². The molecule has 1 amide bonds. The lowest BCUT2D eigenvalue weighted by Crippen LogP contribution is -2.42. The molecule has 0 saturated carbocycles. The molecule has 1 aromatic carbocycles. The molecule has 0 bridgehead atoms. The van der Waals surface area contributed by atoms with E-state index < -0.39 is 5.54 Å². The standard InChI is InChI=1S/C12H13BrN2O/c1-8-4-5-9(6-10(8)13)11(16)15-12(2,3)7-14/h4-6H,1-3H3,(H,15,16). The fourth-order valence-electron chi connectivity index (χ4n) is 1.12. The van der Waals surface area contributed by atoms with Crippen LogP contribution in [0.15, 0.2) is 22.7 Å². The minimum Gasteiger partial charge on any atom is -0.334 e. The summed E-state index contributed by atoms with van der Waals surface area (Å²) in [6.45, 7) is 5.27. The first-order valence-corrected chi connectivity index (χ1v) is 5.65. The van der Waals surface area contributed by atoms with Crippen LogP contribution in [-0.4, -0.2) is 11.4 Å². The average Bonchev–Trinajstić information content (AvgIpc) is 2.21. The molecule has 0 fully saturated rings. The van der Waals surface area contributed by atoms with E-state index in [0.29, 0.717) is 5.56 Å². The van der Waals surface area contributed by atoms with Crippen molar-refractivity contribution >= 4 is 21.8 Å². The van der Waals surface area contributed by atoms with Crippen molar-refractivity contribution in [3.8, 4) is 6.07 Å². The summed E-state index contributed by atoms with van der Waals surface area (Å²) < 4.78 is 0.884. The van der Waals surface area contributed by atoms with Gasteiger partial charge in [-0.2, -0.15) is 5.26 Å². The molecule has 3 nitrogen and oxygen atoms in total. The molecular formula is C12H13BrN2O. The van der Waals surface area contributed by atoms with Crippen LogP contribution in [0.2, 0.25) is 0 Å². The summed E-state index contributed by atoms with van der Waals surface area (Å²) in [5.41, 5.74) is 0.756. The van der Waals surface area contributed by atoms with Crippen LogP contribution in [0.4, 0.5) is 0 Å². The Hall–Kier alpha value is -1.34. The predicted molar refractivity (Wildman–Crippen MR) is 66.0 cm³/mol. The summed E-state index contributed by atoms with van der Waals surface area (Å²) in [6, 6.07) is 7.37. The molecule has 0 spiro atoms. The fraction of sp³-hybridized carbons (Fsp3) is 0.333. The van der Waals surface area contributed by atoms with Crippen molar-refractivity contribution in [1.82, 2.24) is 5.32 Å². The highest BCUT2D eigenvalue weighted by molar-refractivity contribution is 9.10. The van der Waals surface area contributed by atoms with Gasteiger partial charge in [-0.15, -0.1) is 0 Å². The van der Waals surface area contributed by atoms with Crippen molar-refractivity contribution in [2.45, 2.75) is 26.3 Å². The lowest BCUT2D eigenvalue weighted by Gasteiger charge is -2.17. The number of rotatable bonds is 2. The molecule has 0 unspecified atom stereocenters. The van der Waals surface area contributed by atoms with Crippen LogP contribution >= 0.6 is 15.9 Å². The maximum Gasteiger partial charge on any atom is 0.252 e. The number of nitrogens with one attached hydrogen (secondary N) is 1. The highest BCUT2D eigenvalue weighted by Gasteiger charge is 2.20. The fourth-order valence-corrected chi connectivity index (χ4v) is 1.50. The molecule has 0 aliphatic carbocycles. The monoisotopic (exact) mass is 280 g/mol. The summed E-state index contributed by atoms with van der Waals surface area (Å²) in [7, 11) is 0. The van der Waals surface area contributed by atoms with Crippen molar-refractivity contribution in [3.05, 3.63) is 33.8 Å². The second-order valence-electron chi connectivity index (χ2n) is 4.15. The van der Waals surface area contributed by atoms with E-state index in [0.717, 1.165) is 10.0 Å². The highest BCUT2D eigenvalue weighted by atomic mass is 79.9. The van der Waals surface area contributed by atoms with E-state index >= 15 is 0 Å². The Kier molecular flexibility index (Phi) is 3.71. The average molecular weight is 281 g/mol. The molecule has 1 aromatic rings. The summed E-state index contributed by atoms with van der Waals surface area (Å²) in [5.74, 6) is -0.243. The Balaban J connectivity index is 2.91. The first-order chi connectivity index (χ1) is 7.35. The summed E-state index contributed by atoms with van der Waals surface area (Å²) >= 11 is 3.37. The van der Waals surface area contributed by atoms with Gasteiger partial charge in [0.1, 0.15) is 5.54 Å². The smallest absolute Gasteiger partial charge is 0.252 e. The molecular weight excluding hydrogens is 268 g/mol. The van der Waals surface area contributed by atoms with E-state index in [2.05, 4.69) is 21.2 Å². The Labute approximate surface area is 104 Å². The van der Waals surface area contributed by atoms with Gasteiger partial charge in [0.15, 0.2) is 0 Å². The molecule has 4 heteroatoms. The van der Waals surface area contributed by atoms with Gasteiger partial charge in [-0.1, -0.05) is 22.0 Å². The molecule has 0 aliphatic rings. The number of benzene rings is 1. The molecule has 0 aromatic heterocycles. The normalized spacial score (nSPS) is 10.7. The third-order valence-corrected chi connectivity index (χ3v) is 2.99. The van der Waals surface area contributed by atoms with Gasteiger partial charge in [-0.05, 0) is 38.5 Å². The number of nitrogens with zero attached hydrogens (tertiary/aromatic N) is 1. The number of nitriles is 1. The largest absolute Gasteiger partial charge is 0.334 e.